The van der Waals surface area contributed by atoms with E-state index in [1.807, 2.05) is 25.1 Å². The quantitative estimate of drug-likeness (QED) is 0.783. The molecule has 0 radical (unpaired) electrons. The third kappa shape index (κ3) is 2.44. The van der Waals surface area contributed by atoms with E-state index >= 15 is 0 Å². The van der Waals surface area contributed by atoms with Gasteiger partial charge in [-0.05, 0) is 30.5 Å². The summed E-state index contributed by atoms with van der Waals surface area (Å²) in [7, 11) is 0. The first-order chi connectivity index (χ1) is 6.16. The summed E-state index contributed by atoms with van der Waals surface area (Å²) in [5.41, 5.74) is 7.88. The average molecular weight is 200 g/mol. The molecular weight excluding hydrogens is 186 g/mol. The van der Waals surface area contributed by atoms with Crippen molar-refractivity contribution in [3.63, 3.8) is 0 Å². The molecule has 0 aliphatic rings. The van der Waals surface area contributed by atoms with E-state index in [9.17, 15) is 0 Å². The van der Waals surface area contributed by atoms with Gasteiger partial charge in [0.05, 0.1) is 0 Å². The molecule has 0 saturated heterocycles. The third-order valence-corrected chi connectivity index (χ3v) is 2.56. The van der Waals surface area contributed by atoms with E-state index in [2.05, 4.69) is 0 Å². The van der Waals surface area contributed by atoms with E-state index in [1.54, 1.807) is 0 Å². The van der Waals surface area contributed by atoms with Gasteiger partial charge in [0, 0.05) is 17.7 Å². The third-order valence-electron chi connectivity index (χ3n) is 2.15. The molecule has 0 aliphatic carbocycles. The Morgan fingerprint density at radius 1 is 1.54 bits per heavy atom. The molecule has 2 nitrogen and oxygen atoms in total. The van der Waals surface area contributed by atoms with Gasteiger partial charge in [-0.1, -0.05) is 23.7 Å². The molecule has 1 aromatic rings. The summed E-state index contributed by atoms with van der Waals surface area (Å²) in [5, 5.41) is 9.47. The van der Waals surface area contributed by atoms with Crippen LogP contribution in [0.1, 0.15) is 23.6 Å². The van der Waals surface area contributed by atoms with Crippen LogP contribution in [0.4, 0.5) is 0 Å². The number of aliphatic hydroxyl groups excluding tert-OH is 1. The molecule has 3 heteroatoms. The summed E-state index contributed by atoms with van der Waals surface area (Å²) in [6, 6.07) is 5.54. The van der Waals surface area contributed by atoms with Gasteiger partial charge in [0.25, 0.3) is 0 Å². The minimum Gasteiger partial charge on any atom is -0.396 e. The Hall–Kier alpha value is -0.570. The molecule has 0 amide bonds. The molecule has 72 valence electrons. The van der Waals surface area contributed by atoms with Crippen LogP contribution in [0.3, 0.4) is 0 Å². The maximum absolute atomic E-state index is 8.75. The van der Waals surface area contributed by atoms with Crippen molar-refractivity contribution in [1.82, 2.24) is 0 Å². The van der Waals surface area contributed by atoms with E-state index in [4.69, 9.17) is 22.4 Å². The largest absolute Gasteiger partial charge is 0.396 e. The molecule has 0 spiro atoms. The van der Waals surface area contributed by atoms with Crippen LogP contribution >= 0.6 is 11.6 Å². The first kappa shape index (κ1) is 10.5. The topological polar surface area (TPSA) is 46.2 Å². The molecule has 0 aliphatic heterocycles. The molecule has 0 fully saturated rings. The van der Waals surface area contributed by atoms with Crippen molar-refractivity contribution in [2.45, 2.75) is 19.4 Å². The maximum Gasteiger partial charge on any atom is 0.0449 e. The highest BCUT2D eigenvalue weighted by atomic mass is 35.5. The fraction of sp³-hybridized carbons (Fsp3) is 0.400. The van der Waals surface area contributed by atoms with Crippen LogP contribution in [-0.2, 0) is 0 Å². The van der Waals surface area contributed by atoms with Crippen molar-refractivity contribution in [2.24, 2.45) is 5.73 Å². The van der Waals surface area contributed by atoms with Crippen LogP contribution in [-0.4, -0.2) is 11.7 Å². The Balaban J connectivity index is 2.93. The zero-order valence-corrected chi connectivity index (χ0v) is 8.38. The highest BCUT2D eigenvalue weighted by Gasteiger charge is 2.09. The van der Waals surface area contributed by atoms with Gasteiger partial charge in [-0.2, -0.15) is 0 Å². The van der Waals surface area contributed by atoms with Gasteiger partial charge in [-0.25, -0.2) is 0 Å². The van der Waals surface area contributed by atoms with Crippen LogP contribution in [0.5, 0.6) is 0 Å². The summed E-state index contributed by atoms with van der Waals surface area (Å²) in [5.74, 6) is 0. The molecular formula is C10H14ClNO. The molecule has 3 N–H and O–H groups in total. The molecule has 0 saturated carbocycles. The van der Waals surface area contributed by atoms with Crippen molar-refractivity contribution in [1.29, 1.82) is 0 Å². The molecule has 13 heavy (non-hydrogen) atoms. The minimum atomic E-state index is -0.122. The van der Waals surface area contributed by atoms with Gasteiger partial charge in [0.2, 0.25) is 0 Å². The van der Waals surface area contributed by atoms with Gasteiger partial charge in [0.15, 0.2) is 0 Å². The maximum atomic E-state index is 8.75. The lowest BCUT2D eigenvalue weighted by atomic mass is 10.00. The first-order valence-electron chi connectivity index (χ1n) is 4.28. The average Bonchev–Trinajstić information content (AvgIpc) is 2.10. The summed E-state index contributed by atoms with van der Waals surface area (Å²) < 4.78 is 0. The van der Waals surface area contributed by atoms with E-state index in [-0.39, 0.29) is 12.6 Å². The molecule has 1 aromatic carbocycles. The van der Waals surface area contributed by atoms with Crippen LogP contribution in [0.15, 0.2) is 18.2 Å². The molecule has 0 aromatic heterocycles. The fourth-order valence-electron chi connectivity index (χ4n) is 1.32. The van der Waals surface area contributed by atoms with Gasteiger partial charge < -0.3 is 10.8 Å². The highest BCUT2D eigenvalue weighted by Crippen LogP contribution is 2.24. The summed E-state index contributed by atoms with van der Waals surface area (Å²) in [6.07, 6.45) is 0.571. The van der Waals surface area contributed by atoms with E-state index in [0.717, 1.165) is 16.1 Å². The smallest absolute Gasteiger partial charge is 0.0449 e. The van der Waals surface area contributed by atoms with Crippen molar-refractivity contribution in [3.8, 4) is 0 Å². The van der Waals surface area contributed by atoms with Crippen molar-refractivity contribution < 1.29 is 5.11 Å². The number of nitrogens with two attached hydrogens (primary N) is 1. The van der Waals surface area contributed by atoms with Crippen LogP contribution < -0.4 is 5.73 Å². The number of hydrogen-bond acceptors (Lipinski definition) is 2. The number of hydrogen-bond donors (Lipinski definition) is 2. The number of aliphatic hydroxyl groups is 1. The minimum absolute atomic E-state index is 0.104. The monoisotopic (exact) mass is 199 g/mol. The van der Waals surface area contributed by atoms with Crippen LogP contribution in [0.25, 0.3) is 0 Å². The lowest BCUT2D eigenvalue weighted by molar-refractivity contribution is 0.276. The predicted molar refractivity (Wildman–Crippen MR) is 54.8 cm³/mol. The summed E-state index contributed by atoms with van der Waals surface area (Å²) >= 11 is 5.94. The Kier molecular flexibility index (Phi) is 3.72. The lowest BCUT2D eigenvalue weighted by Crippen LogP contribution is -2.13. The van der Waals surface area contributed by atoms with Crippen molar-refractivity contribution >= 4 is 11.6 Å². The summed E-state index contributed by atoms with van der Waals surface area (Å²) in [6.45, 7) is 2.04. The number of halogens is 1. The number of rotatable bonds is 3. The normalized spacial score (nSPS) is 12.9. The van der Waals surface area contributed by atoms with E-state index in [0.29, 0.717) is 6.42 Å². The van der Waals surface area contributed by atoms with Crippen molar-refractivity contribution in [2.75, 3.05) is 6.61 Å². The zero-order valence-electron chi connectivity index (χ0n) is 7.63. The van der Waals surface area contributed by atoms with Gasteiger partial charge in [-0.15, -0.1) is 0 Å². The van der Waals surface area contributed by atoms with Crippen molar-refractivity contribution in [3.05, 3.63) is 34.3 Å². The second-order valence-corrected chi connectivity index (χ2v) is 3.48. The Bertz CT molecular complexity index is 288. The van der Waals surface area contributed by atoms with Crippen LogP contribution in [0.2, 0.25) is 5.02 Å². The second kappa shape index (κ2) is 4.61. The Morgan fingerprint density at radius 2 is 2.23 bits per heavy atom. The summed E-state index contributed by atoms with van der Waals surface area (Å²) in [4.78, 5) is 0. The van der Waals surface area contributed by atoms with Gasteiger partial charge in [-0.3, -0.25) is 0 Å². The van der Waals surface area contributed by atoms with Gasteiger partial charge in [0.1, 0.15) is 0 Å². The highest BCUT2D eigenvalue weighted by molar-refractivity contribution is 6.31. The lowest BCUT2D eigenvalue weighted by Gasteiger charge is -2.13. The molecule has 0 unspecified atom stereocenters. The second-order valence-electron chi connectivity index (χ2n) is 3.07. The van der Waals surface area contributed by atoms with Gasteiger partial charge >= 0.3 is 0 Å². The molecule has 1 atom stereocenters. The van der Waals surface area contributed by atoms with E-state index < -0.39 is 0 Å². The fourth-order valence-corrected chi connectivity index (χ4v) is 1.50. The number of benzene rings is 1. The van der Waals surface area contributed by atoms with Crippen LogP contribution in [0, 0.1) is 6.92 Å². The van der Waals surface area contributed by atoms with E-state index in [1.165, 1.54) is 0 Å². The Morgan fingerprint density at radius 3 is 2.85 bits per heavy atom. The zero-order chi connectivity index (χ0) is 9.84. The predicted octanol–water partition coefficient (Wildman–Crippen LogP) is 2.03. The first-order valence-corrected chi connectivity index (χ1v) is 4.66. The SMILES string of the molecule is Cc1c(Cl)cccc1[C@@H](N)CCO. The molecule has 0 bridgehead atoms. The standard InChI is InChI=1S/C10H14ClNO/c1-7-8(10(12)5-6-13)3-2-4-9(7)11/h2-4,10,13H,5-6,12H2,1H3/t10-/m0/s1. The molecule has 1 rings (SSSR count). The Labute approximate surface area is 83.3 Å². The molecule has 0 heterocycles.